The molecule has 6 heteroatoms. The van der Waals surface area contributed by atoms with Crippen LogP contribution in [-0.2, 0) is 23.1 Å². The van der Waals surface area contributed by atoms with Gasteiger partial charge >= 0.3 is 0 Å². The molecular weight excluding hydrogens is 386 g/mol. The first-order valence-corrected chi connectivity index (χ1v) is 11.4. The minimum absolute atomic E-state index is 0.189. The molecule has 0 amide bonds. The smallest absolute Gasteiger partial charge is 0.191 e. The second kappa shape index (κ2) is 11.1. The van der Waals surface area contributed by atoms with Crippen LogP contribution in [0.15, 0.2) is 47.6 Å². The van der Waals surface area contributed by atoms with Gasteiger partial charge in [0.05, 0.1) is 19.8 Å². The van der Waals surface area contributed by atoms with Crippen molar-refractivity contribution in [2.75, 3.05) is 44.3 Å². The molecule has 2 heterocycles. The molecular formula is C25H37N5O. The van der Waals surface area contributed by atoms with Crippen molar-refractivity contribution in [2.45, 2.75) is 46.1 Å². The van der Waals surface area contributed by atoms with Gasteiger partial charge in [-0.25, -0.2) is 9.98 Å². The van der Waals surface area contributed by atoms with E-state index in [-0.39, 0.29) is 5.41 Å². The molecule has 6 nitrogen and oxygen atoms in total. The maximum absolute atomic E-state index is 5.48. The van der Waals surface area contributed by atoms with Gasteiger partial charge in [-0.05, 0) is 36.0 Å². The van der Waals surface area contributed by atoms with Gasteiger partial charge in [-0.1, -0.05) is 51.1 Å². The predicted molar refractivity (Wildman–Crippen MR) is 129 cm³/mol. The fourth-order valence-electron chi connectivity index (χ4n) is 3.62. The number of guanidine groups is 1. The summed E-state index contributed by atoms with van der Waals surface area (Å²) in [6.07, 6.45) is 2.81. The van der Waals surface area contributed by atoms with Crippen LogP contribution in [0.2, 0.25) is 0 Å². The Kier molecular flexibility index (Phi) is 8.29. The molecule has 0 unspecified atom stereocenters. The number of aromatic nitrogens is 1. The first kappa shape index (κ1) is 23.1. The molecule has 1 aromatic heterocycles. The van der Waals surface area contributed by atoms with E-state index in [4.69, 9.17) is 9.73 Å². The van der Waals surface area contributed by atoms with Crippen molar-refractivity contribution in [3.63, 3.8) is 0 Å². The summed E-state index contributed by atoms with van der Waals surface area (Å²) in [5.41, 5.74) is 4.03. The standard InChI is InChI=1S/C25H37N5O/c1-5-26-24(28-14-12-20-8-10-22(11-9-20)25(2,3)4)29-19-21-7-6-13-27-23(21)30-15-17-31-18-16-30/h6-11,13H,5,12,14-19H2,1-4H3,(H2,26,28,29). The van der Waals surface area contributed by atoms with E-state index < -0.39 is 0 Å². The predicted octanol–water partition coefficient (Wildman–Crippen LogP) is 3.51. The highest BCUT2D eigenvalue weighted by atomic mass is 16.5. The van der Waals surface area contributed by atoms with E-state index in [0.717, 1.165) is 63.2 Å². The van der Waals surface area contributed by atoms with Crippen molar-refractivity contribution in [3.05, 3.63) is 59.3 Å². The van der Waals surface area contributed by atoms with Crippen LogP contribution in [0.3, 0.4) is 0 Å². The number of nitrogens with one attached hydrogen (secondary N) is 2. The molecule has 1 saturated heterocycles. The van der Waals surface area contributed by atoms with E-state index in [1.54, 1.807) is 0 Å². The van der Waals surface area contributed by atoms with Gasteiger partial charge in [-0.3, -0.25) is 0 Å². The number of benzene rings is 1. The normalized spacial score (nSPS) is 15.1. The van der Waals surface area contributed by atoms with E-state index in [1.807, 2.05) is 12.3 Å². The summed E-state index contributed by atoms with van der Waals surface area (Å²) in [7, 11) is 0. The van der Waals surface area contributed by atoms with E-state index in [9.17, 15) is 0 Å². The molecule has 1 fully saturated rings. The molecule has 168 valence electrons. The van der Waals surface area contributed by atoms with Gasteiger partial charge in [-0.15, -0.1) is 0 Å². The Labute approximate surface area is 187 Å². The van der Waals surface area contributed by atoms with Crippen LogP contribution < -0.4 is 15.5 Å². The third-order valence-corrected chi connectivity index (χ3v) is 5.46. The van der Waals surface area contributed by atoms with Crippen molar-refractivity contribution in [1.29, 1.82) is 0 Å². The van der Waals surface area contributed by atoms with Crippen LogP contribution >= 0.6 is 0 Å². The average Bonchev–Trinajstić information content (AvgIpc) is 2.78. The Balaban J connectivity index is 1.58. The summed E-state index contributed by atoms with van der Waals surface area (Å²) in [5.74, 6) is 1.86. The van der Waals surface area contributed by atoms with Crippen LogP contribution in [0.25, 0.3) is 0 Å². The van der Waals surface area contributed by atoms with Gasteiger partial charge in [-0.2, -0.15) is 0 Å². The number of rotatable bonds is 7. The second-order valence-corrected chi connectivity index (χ2v) is 8.90. The fourth-order valence-corrected chi connectivity index (χ4v) is 3.62. The molecule has 31 heavy (non-hydrogen) atoms. The van der Waals surface area contributed by atoms with E-state index in [0.29, 0.717) is 6.54 Å². The van der Waals surface area contributed by atoms with Crippen LogP contribution in [0, 0.1) is 0 Å². The summed E-state index contributed by atoms with van der Waals surface area (Å²) in [5, 5.41) is 6.82. The first-order valence-electron chi connectivity index (χ1n) is 11.4. The Morgan fingerprint density at radius 3 is 2.52 bits per heavy atom. The number of hydrogen-bond donors (Lipinski definition) is 2. The number of hydrogen-bond acceptors (Lipinski definition) is 4. The number of aliphatic imine (C=N–C) groups is 1. The minimum Gasteiger partial charge on any atom is -0.378 e. The van der Waals surface area contributed by atoms with Gasteiger partial charge in [0.15, 0.2) is 5.96 Å². The molecule has 1 aromatic carbocycles. The van der Waals surface area contributed by atoms with Crippen molar-refractivity contribution >= 4 is 11.8 Å². The van der Waals surface area contributed by atoms with Gasteiger partial charge < -0.3 is 20.3 Å². The van der Waals surface area contributed by atoms with Gasteiger partial charge in [0.25, 0.3) is 0 Å². The molecule has 0 saturated carbocycles. The van der Waals surface area contributed by atoms with E-state index in [1.165, 1.54) is 11.1 Å². The zero-order valence-corrected chi connectivity index (χ0v) is 19.4. The monoisotopic (exact) mass is 423 g/mol. The van der Waals surface area contributed by atoms with Crippen molar-refractivity contribution in [3.8, 4) is 0 Å². The lowest BCUT2D eigenvalue weighted by Gasteiger charge is -2.29. The molecule has 0 spiro atoms. The zero-order valence-electron chi connectivity index (χ0n) is 19.4. The quantitative estimate of drug-likeness (QED) is 0.527. The number of morpholine rings is 1. The third kappa shape index (κ3) is 6.96. The fraction of sp³-hybridized carbons (Fsp3) is 0.520. The molecule has 1 aliphatic heterocycles. The van der Waals surface area contributed by atoms with Gasteiger partial charge in [0.2, 0.25) is 0 Å². The molecule has 3 rings (SSSR count). The maximum atomic E-state index is 5.48. The highest BCUT2D eigenvalue weighted by Gasteiger charge is 2.16. The zero-order chi connectivity index (χ0) is 22.1. The number of anilines is 1. The van der Waals surface area contributed by atoms with Crippen LogP contribution in [0.5, 0.6) is 0 Å². The summed E-state index contributed by atoms with van der Waals surface area (Å²) in [6.45, 7) is 14.3. The lowest BCUT2D eigenvalue weighted by atomic mass is 9.86. The van der Waals surface area contributed by atoms with Crippen molar-refractivity contribution in [2.24, 2.45) is 4.99 Å². The Morgan fingerprint density at radius 2 is 1.84 bits per heavy atom. The Bertz CT molecular complexity index is 836. The van der Waals surface area contributed by atoms with E-state index >= 15 is 0 Å². The molecule has 2 N–H and O–H groups in total. The SMILES string of the molecule is CCNC(=NCc1cccnc1N1CCOCC1)NCCc1ccc(C(C)(C)C)cc1. The minimum atomic E-state index is 0.189. The summed E-state index contributed by atoms with van der Waals surface area (Å²) in [6, 6.07) is 13.0. The van der Waals surface area contributed by atoms with Crippen LogP contribution in [-0.4, -0.2) is 50.3 Å². The summed E-state index contributed by atoms with van der Waals surface area (Å²) in [4.78, 5) is 11.7. The summed E-state index contributed by atoms with van der Waals surface area (Å²) < 4.78 is 5.48. The highest BCUT2D eigenvalue weighted by molar-refractivity contribution is 5.79. The molecule has 0 bridgehead atoms. The van der Waals surface area contributed by atoms with Crippen molar-refractivity contribution < 1.29 is 4.74 Å². The van der Waals surface area contributed by atoms with Gasteiger partial charge in [0, 0.05) is 37.9 Å². The Hall–Kier alpha value is -2.60. The van der Waals surface area contributed by atoms with E-state index in [2.05, 4.69) is 78.5 Å². The lowest BCUT2D eigenvalue weighted by Crippen LogP contribution is -2.38. The largest absolute Gasteiger partial charge is 0.378 e. The number of pyridine rings is 1. The first-order chi connectivity index (χ1) is 15.0. The molecule has 1 aliphatic rings. The van der Waals surface area contributed by atoms with Crippen molar-refractivity contribution in [1.82, 2.24) is 15.6 Å². The summed E-state index contributed by atoms with van der Waals surface area (Å²) >= 11 is 0. The lowest BCUT2D eigenvalue weighted by molar-refractivity contribution is 0.122. The van der Waals surface area contributed by atoms with Gasteiger partial charge in [0.1, 0.15) is 5.82 Å². The number of nitrogens with zero attached hydrogens (tertiary/aromatic N) is 3. The highest BCUT2D eigenvalue weighted by Crippen LogP contribution is 2.22. The van der Waals surface area contributed by atoms with Crippen LogP contribution in [0.4, 0.5) is 5.82 Å². The molecule has 2 aromatic rings. The van der Waals surface area contributed by atoms with Crippen LogP contribution in [0.1, 0.15) is 44.4 Å². The second-order valence-electron chi connectivity index (χ2n) is 8.90. The number of ether oxygens (including phenoxy) is 1. The Morgan fingerprint density at radius 1 is 1.10 bits per heavy atom. The molecule has 0 radical (unpaired) electrons. The third-order valence-electron chi connectivity index (χ3n) is 5.46. The average molecular weight is 424 g/mol. The molecule has 0 aliphatic carbocycles. The molecule has 0 atom stereocenters. The topological polar surface area (TPSA) is 61.8 Å². The maximum Gasteiger partial charge on any atom is 0.191 e.